The van der Waals surface area contributed by atoms with E-state index in [0.29, 0.717) is 12.1 Å². The van der Waals surface area contributed by atoms with Crippen molar-refractivity contribution in [2.24, 2.45) is 0 Å². The average Bonchev–Trinajstić information content (AvgIpc) is 2.73. The zero-order valence-corrected chi connectivity index (χ0v) is 10.4. The average molecular weight is 227 g/mol. The molecule has 2 fully saturated rings. The van der Waals surface area contributed by atoms with Crippen LogP contribution in [-0.4, -0.2) is 48.0 Å². The molecular weight excluding hydrogens is 202 g/mol. The van der Waals surface area contributed by atoms with E-state index in [1.807, 2.05) is 0 Å². The van der Waals surface area contributed by atoms with E-state index in [0.717, 1.165) is 32.5 Å². The van der Waals surface area contributed by atoms with Gasteiger partial charge in [0.05, 0.1) is 12.2 Å². The standard InChI is InChI=1S/C13H25NO2/c1-2-9-16-11-5-4-8-14(10-11)12-6-3-7-13(12)15/h11-13,15H,2-10H2,1H3. The summed E-state index contributed by atoms with van der Waals surface area (Å²) in [5, 5.41) is 9.92. The minimum absolute atomic E-state index is 0.0927. The van der Waals surface area contributed by atoms with E-state index in [9.17, 15) is 5.11 Å². The number of aliphatic hydroxyl groups is 1. The molecule has 0 spiro atoms. The largest absolute Gasteiger partial charge is 0.391 e. The van der Waals surface area contributed by atoms with Gasteiger partial charge in [0.1, 0.15) is 0 Å². The molecule has 3 unspecified atom stereocenters. The summed E-state index contributed by atoms with van der Waals surface area (Å²) in [4.78, 5) is 2.46. The first-order chi connectivity index (χ1) is 7.81. The van der Waals surface area contributed by atoms with Crippen LogP contribution in [0.3, 0.4) is 0 Å². The highest BCUT2D eigenvalue weighted by Crippen LogP contribution is 2.27. The molecule has 1 aliphatic heterocycles. The first-order valence-electron chi connectivity index (χ1n) is 6.85. The fourth-order valence-corrected chi connectivity index (χ4v) is 3.03. The van der Waals surface area contributed by atoms with Crippen LogP contribution in [0.2, 0.25) is 0 Å². The summed E-state index contributed by atoms with van der Waals surface area (Å²) in [7, 11) is 0. The van der Waals surface area contributed by atoms with Crippen molar-refractivity contribution in [3.8, 4) is 0 Å². The topological polar surface area (TPSA) is 32.7 Å². The van der Waals surface area contributed by atoms with Crippen LogP contribution in [0, 0.1) is 0 Å². The predicted molar refractivity (Wildman–Crippen MR) is 64.5 cm³/mol. The summed E-state index contributed by atoms with van der Waals surface area (Å²) < 4.78 is 5.83. The summed E-state index contributed by atoms with van der Waals surface area (Å²) in [5.41, 5.74) is 0. The van der Waals surface area contributed by atoms with Gasteiger partial charge in [0, 0.05) is 19.2 Å². The Balaban J connectivity index is 1.81. The Hall–Kier alpha value is -0.120. The van der Waals surface area contributed by atoms with Gasteiger partial charge in [-0.15, -0.1) is 0 Å². The molecule has 3 heteroatoms. The van der Waals surface area contributed by atoms with Crippen molar-refractivity contribution < 1.29 is 9.84 Å². The van der Waals surface area contributed by atoms with Gasteiger partial charge in [-0.25, -0.2) is 0 Å². The second-order valence-corrected chi connectivity index (χ2v) is 5.20. The fourth-order valence-electron chi connectivity index (χ4n) is 3.03. The van der Waals surface area contributed by atoms with Crippen LogP contribution in [0.4, 0.5) is 0 Å². The molecule has 16 heavy (non-hydrogen) atoms. The van der Waals surface area contributed by atoms with Crippen LogP contribution in [0.15, 0.2) is 0 Å². The molecule has 1 aliphatic carbocycles. The van der Waals surface area contributed by atoms with E-state index in [1.165, 1.54) is 25.7 Å². The van der Waals surface area contributed by atoms with Gasteiger partial charge in [0.25, 0.3) is 0 Å². The first kappa shape index (κ1) is 12.3. The molecule has 1 N–H and O–H groups in total. The number of rotatable bonds is 4. The maximum absolute atomic E-state index is 9.92. The van der Waals surface area contributed by atoms with Crippen molar-refractivity contribution in [2.45, 2.75) is 63.7 Å². The molecule has 3 nitrogen and oxygen atoms in total. The van der Waals surface area contributed by atoms with Crippen LogP contribution in [0.1, 0.15) is 45.4 Å². The van der Waals surface area contributed by atoms with Gasteiger partial charge in [0.2, 0.25) is 0 Å². The quantitative estimate of drug-likeness (QED) is 0.795. The van der Waals surface area contributed by atoms with Crippen LogP contribution >= 0.6 is 0 Å². The molecule has 0 radical (unpaired) electrons. The highest BCUT2D eigenvalue weighted by atomic mass is 16.5. The Labute approximate surface area is 98.8 Å². The molecule has 0 aromatic heterocycles. The number of hydrogen-bond acceptors (Lipinski definition) is 3. The Morgan fingerprint density at radius 3 is 2.81 bits per heavy atom. The SMILES string of the molecule is CCCOC1CCCN(C2CCCC2O)C1. The summed E-state index contributed by atoms with van der Waals surface area (Å²) >= 11 is 0. The molecule has 0 aromatic carbocycles. The van der Waals surface area contributed by atoms with Crippen LogP contribution in [-0.2, 0) is 4.74 Å². The summed E-state index contributed by atoms with van der Waals surface area (Å²) in [5.74, 6) is 0. The number of ether oxygens (including phenoxy) is 1. The molecule has 3 atom stereocenters. The van der Waals surface area contributed by atoms with E-state index in [2.05, 4.69) is 11.8 Å². The molecule has 2 aliphatic rings. The Bertz CT molecular complexity index is 210. The summed E-state index contributed by atoms with van der Waals surface area (Å²) in [6.07, 6.45) is 7.16. The van der Waals surface area contributed by atoms with Gasteiger partial charge < -0.3 is 9.84 Å². The van der Waals surface area contributed by atoms with Gasteiger partial charge in [-0.1, -0.05) is 6.92 Å². The number of hydrogen-bond donors (Lipinski definition) is 1. The van der Waals surface area contributed by atoms with Gasteiger partial charge in [-0.05, 0) is 45.1 Å². The second-order valence-electron chi connectivity index (χ2n) is 5.20. The van der Waals surface area contributed by atoms with Crippen LogP contribution in [0.25, 0.3) is 0 Å². The lowest BCUT2D eigenvalue weighted by Crippen LogP contribution is -2.48. The van der Waals surface area contributed by atoms with E-state index in [1.54, 1.807) is 0 Å². The number of likely N-dealkylation sites (tertiary alicyclic amines) is 1. The Morgan fingerprint density at radius 1 is 1.25 bits per heavy atom. The minimum Gasteiger partial charge on any atom is -0.391 e. The van der Waals surface area contributed by atoms with Gasteiger partial charge in [-0.2, -0.15) is 0 Å². The van der Waals surface area contributed by atoms with Crippen molar-refractivity contribution in [2.75, 3.05) is 19.7 Å². The number of nitrogens with zero attached hydrogens (tertiary/aromatic N) is 1. The maximum Gasteiger partial charge on any atom is 0.0702 e. The predicted octanol–water partition coefficient (Wildman–Crippen LogP) is 1.79. The molecule has 1 saturated heterocycles. The number of piperidine rings is 1. The van der Waals surface area contributed by atoms with E-state index < -0.39 is 0 Å². The van der Waals surface area contributed by atoms with Crippen molar-refractivity contribution in [1.82, 2.24) is 4.90 Å². The minimum atomic E-state index is -0.0927. The van der Waals surface area contributed by atoms with E-state index in [-0.39, 0.29) is 6.10 Å². The zero-order chi connectivity index (χ0) is 11.4. The number of aliphatic hydroxyl groups excluding tert-OH is 1. The molecule has 0 bridgehead atoms. The zero-order valence-electron chi connectivity index (χ0n) is 10.4. The lowest BCUT2D eigenvalue weighted by atomic mass is 10.0. The lowest BCUT2D eigenvalue weighted by Gasteiger charge is -2.37. The Kier molecular flexibility index (Phi) is 4.62. The third-order valence-electron chi connectivity index (χ3n) is 3.88. The molecular formula is C13H25NO2. The van der Waals surface area contributed by atoms with Crippen molar-refractivity contribution in [3.63, 3.8) is 0 Å². The lowest BCUT2D eigenvalue weighted by molar-refractivity contribution is -0.0289. The highest BCUT2D eigenvalue weighted by molar-refractivity contribution is 4.88. The van der Waals surface area contributed by atoms with Crippen molar-refractivity contribution >= 4 is 0 Å². The van der Waals surface area contributed by atoms with Crippen LogP contribution in [0.5, 0.6) is 0 Å². The Morgan fingerprint density at radius 2 is 2.12 bits per heavy atom. The summed E-state index contributed by atoms with van der Waals surface area (Å²) in [6.45, 7) is 5.21. The van der Waals surface area contributed by atoms with Gasteiger partial charge >= 0.3 is 0 Å². The van der Waals surface area contributed by atoms with E-state index >= 15 is 0 Å². The highest BCUT2D eigenvalue weighted by Gasteiger charge is 2.33. The van der Waals surface area contributed by atoms with Crippen LogP contribution < -0.4 is 0 Å². The first-order valence-corrected chi connectivity index (χ1v) is 6.85. The van der Waals surface area contributed by atoms with Gasteiger partial charge in [0.15, 0.2) is 0 Å². The smallest absolute Gasteiger partial charge is 0.0702 e. The van der Waals surface area contributed by atoms with Crippen molar-refractivity contribution in [1.29, 1.82) is 0 Å². The normalized spacial score (nSPS) is 36.8. The van der Waals surface area contributed by atoms with E-state index in [4.69, 9.17) is 4.74 Å². The van der Waals surface area contributed by atoms with Gasteiger partial charge in [-0.3, -0.25) is 4.90 Å². The fraction of sp³-hybridized carbons (Fsp3) is 1.00. The third kappa shape index (κ3) is 2.96. The monoisotopic (exact) mass is 227 g/mol. The molecule has 2 rings (SSSR count). The molecule has 0 amide bonds. The second kappa shape index (κ2) is 5.99. The summed E-state index contributed by atoms with van der Waals surface area (Å²) in [6, 6.07) is 0.410. The molecule has 1 saturated carbocycles. The van der Waals surface area contributed by atoms with Crippen molar-refractivity contribution in [3.05, 3.63) is 0 Å². The molecule has 0 aromatic rings. The third-order valence-corrected chi connectivity index (χ3v) is 3.88. The maximum atomic E-state index is 9.92. The molecule has 94 valence electrons. The molecule has 1 heterocycles.